The number of aliphatic carboxylic acids is 1. The Kier molecular flexibility index (Phi) is 4.40. The highest BCUT2D eigenvalue weighted by Crippen LogP contribution is 2.19. The van der Waals surface area contributed by atoms with Gasteiger partial charge in [-0.1, -0.05) is 20.8 Å². The molecule has 0 aromatic rings. The molecule has 0 saturated heterocycles. The number of amides is 2. The van der Waals surface area contributed by atoms with Crippen molar-refractivity contribution in [2.75, 3.05) is 6.54 Å². The molecule has 0 aromatic carbocycles. The number of urea groups is 1. The van der Waals surface area contributed by atoms with E-state index in [0.717, 1.165) is 0 Å². The molecule has 0 aromatic heterocycles. The molecule has 0 bridgehead atoms. The molecule has 0 rings (SSSR count). The lowest BCUT2D eigenvalue weighted by Gasteiger charge is -2.27. The number of hydrogen-bond acceptors (Lipinski definition) is 2. The van der Waals surface area contributed by atoms with Gasteiger partial charge in [-0.2, -0.15) is 0 Å². The fourth-order valence-electron chi connectivity index (χ4n) is 0.991. The van der Waals surface area contributed by atoms with Crippen molar-refractivity contribution in [3.05, 3.63) is 0 Å². The Balaban J connectivity index is 4.40. The molecule has 1 atom stereocenters. The van der Waals surface area contributed by atoms with Gasteiger partial charge in [-0.3, -0.25) is 0 Å². The molecule has 0 aliphatic carbocycles. The van der Waals surface area contributed by atoms with Gasteiger partial charge in [-0.05, 0) is 12.3 Å². The predicted molar refractivity (Wildman–Crippen MR) is 53.1 cm³/mol. The Hall–Kier alpha value is -1.26. The Morgan fingerprint density at radius 1 is 1.36 bits per heavy atom. The zero-order valence-electron chi connectivity index (χ0n) is 9.05. The van der Waals surface area contributed by atoms with E-state index in [0.29, 0.717) is 6.54 Å². The van der Waals surface area contributed by atoms with E-state index in [9.17, 15) is 9.59 Å². The maximum Gasteiger partial charge on any atom is 0.326 e. The standard InChI is InChI=1S/C9H18N2O3/c1-5-10-8(14)11-6(7(12)13)9(2,3)4/h6H,5H2,1-4H3,(H,12,13)(H2,10,11,14)/t6-/m0/s1. The number of carbonyl (C=O) groups excluding carboxylic acids is 1. The van der Waals surface area contributed by atoms with Crippen molar-refractivity contribution in [2.45, 2.75) is 33.7 Å². The molecule has 0 spiro atoms. The maximum atomic E-state index is 11.1. The van der Waals surface area contributed by atoms with Crippen molar-refractivity contribution in [2.24, 2.45) is 5.41 Å². The van der Waals surface area contributed by atoms with Crippen molar-refractivity contribution in [3.63, 3.8) is 0 Å². The normalized spacial score (nSPS) is 13.1. The minimum Gasteiger partial charge on any atom is -0.480 e. The number of carboxylic acids is 1. The highest BCUT2D eigenvalue weighted by molar-refractivity contribution is 5.83. The van der Waals surface area contributed by atoms with Crippen LogP contribution in [0.5, 0.6) is 0 Å². The van der Waals surface area contributed by atoms with E-state index in [2.05, 4.69) is 10.6 Å². The summed E-state index contributed by atoms with van der Waals surface area (Å²) < 4.78 is 0. The van der Waals surface area contributed by atoms with Crippen LogP contribution in [0.1, 0.15) is 27.7 Å². The number of hydrogen-bond donors (Lipinski definition) is 3. The summed E-state index contributed by atoms with van der Waals surface area (Å²) in [5, 5.41) is 13.8. The van der Waals surface area contributed by atoms with Crippen LogP contribution in [0.4, 0.5) is 4.79 Å². The van der Waals surface area contributed by atoms with Crippen molar-refractivity contribution in [1.82, 2.24) is 10.6 Å². The van der Waals surface area contributed by atoms with Gasteiger partial charge in [0.15, 0.2) is 0 Å². The summed E-state index contributed by atoms with van der Waals surface area (Å²) in [5.41, 5.74) is -0.503. The monoisotopic (exact) mass is 202 g/mol. The first-order valence-corrected chi connectivity index (χ1v) is 4.56. The van der Waals surface area contributed by atoms with Crippen molar-refractivity contribution < 1.29 is 14.7 Å². The molecule has 3 N–H and O–H groups in total. The first-order valence-electron chi connectivity index (χ1n) is 4.56. The first-order chi connectivity index (χ1) is 6.29. The highest BCUT2D eigenvalue weighted by atomic mass is 16.4. The van der Waals surface area contributed by atoms with Crippen LogP contribution < -0.4 is 10.6 Å². The summed E-state index contributed by atoms with van der Waals surface area (Å²) >= 11 is 0. The second-order valence-electron chi connectivity index (χ2n) is 4.14. The lowest BCUT2D eigenvalue weighted by Crippen LogP contribution is -2.52. The molecular formula is C9H18N2O3. The Morgan fingerprint density at radius 3 is 2.14 bits per heavy atom. The van der Waals surface area contributed by atoms with E-state index in [-0.39, 0.29) is 0 Å². The van der Waals surface area contributed by atoms with Crippen LogP contribution >= 0.6 is 0 Å². The van der Waals surface area contributed by atoms with Crippen LogP contribution in [0.2, 0.25) is 0 Å². The van der Waals surface area contributed by atoms with Gasteiger partial charge in [-0.25, -0.2) is 9.59 Å². The summed E-state index contributed by atoms with van der Waals surface area (Å²) in [5.74, 6) is -1.02. The summed E-state index contributed by atoms with van der Waals surface area (Å²) in [6.45, 7) is 7.53. The lowest BCUT2D eigenvalue weighted by atomic mass is 9.87. The van der Waals surface area contributed by atoms with Gasteiger partial charge in [0.25, 0.3) is 0 Å². The smallest absolute Gasteiger partial charge is 0.326 e. The van der Waals surface area contributed by atoms with E-state index in [1.807, 2.05) is 0 Å². The Morgan fingerprint density at radius 2 is 1.86 bits per heavy atom. The van der Waals surface area contributed by atoms with Crippen LogP contribution in [0.3, 0.4) is 0 Å². The second kappa shape index (κ2) is 4.83. The van der Waals surface area contributed by atoms with Crippen LogP contribution in [0.15, 0.2) is 0 Å². The highest BCUT2D eigenvalue weighted by Gasteiger charge is 2.32. The quantitative estimate of drug-likeness (QED) is 0.633. The molecule has 2 amide bonds. The zero-order valence-corrected chi connectivity index (χ0v) is 9.05. The average molecular weight is 202 g/mol. The number of nitrogens with one attached hydrogen (secondary N) is 2. The van der Waals surface area contributed by atoms with Gasteiger partial charge in [0, 0.05) is 6.54 Å². The third-order valence-electron chi connectivity index (χ3n) is 1.73. The molecule has 5 heteroatoms. The number of rotatable bonds is 3. The Bertz CT molecular complexity index is 221. The predicted octanol–water partition coefficient (Wildman–Crippen LogP) is 0.805. The molecule has 0 saturated carbocycles. The minimum absolute atomic E-state index is 0.449. The second-order valence-corrected chi connectivity index (χ2v) is 4.14. The van der Waals surface area contributed by atoms with Gasteiger partial charge >= 0.3 is 12.0 Å². The molecule has 0 aliphatic rings. The molecule has 0 aliphatic heterocycles. The van der Waals surface area contributed by atoms with Crippen molar-refractivity contribution in [1.29, 1.82) is 0 Å². The molecule has 5 nitrogen and oxygen atoms in total. The van der Waals surface area contributed by atoms with E-state index in [1.54, 1.807) is 27.7 Å². The minimum atomic E-state index is -1.02. The fraction of sp³-hybridized carbons (Fsp3) is 0.778. The topological polar surface area (TPSA) is 78.4 Å². The zero-order chi connectivity index (χ0) is 11.4. The van der Waals surface area contributed by atoms with Crippen LogP contribution in [0.25, 0.3) is 0 Å². The summed E-state index contributed by atoms with van der Waals surface area (Å²) in [7, 11) is 0. The van der Waals surface area contributed by atoms with Crippen LogP contribution in [0, 0.1) is 5.41 Å². The van der Waals surface area contributed by atoms with Crippen molar-refractivity contribution >= 4 is 12.0 Å². The van der Waals surface area contributed by atoms with Gasteiger partial charge in [0.1, 0.15) is 6.04 Å². The molecule has 0 unspecified atom stereocenters. The van der Waals surface area contributed by atoms with Gasteiger partial charge in [-0.15, -0.1) is 0 Å². The molecule has 0 radical (unpaired) electrons. The molecular weight excluding hydrogens is 184 g/mol. The third-order valence-corrected chi connectivity index (χ3v) is 1.73. The third kappa shape index (κ3) is 4.11. The van der Waals surface area contributed by atoms with Gasteiger partial charge in [0.05, 0.1) is 0 Å². The van der Waals surface area contributed by atoms with Crippen LogP contribution in [-0.4, -0.2) is 29.7 Å². The fourth-order valence-corrected chi connectivity index (χ4v) is 0.991. The Labute approximate surface area is 83.9 Å². The largest absolute Gasteiger partial charge is 0.480 e. The summed E-state index contributed by atoms with van der Waals surface area (Å²) in [4.78, 5) is 22.0. The summed E-state index contributed by atoms with van der Waals surface area (Å²) in [6.07, 6.45) is 0. The van der Waals surface area contributed by atoms with Crippen LogP contribution in [-0.2, 0) is 4.79 Å². The molecule has 82 valence electrons. The average Bonchev–Trinajstić information content (AvgIpc) is 1.98. The number of carboxylic acid groups (broad SMARTS) is 1. The van der Waals surface area contributed by atoms with E-state index in [4.69, 9.17) is 5.11 Å². The summed E-state index contributed by atoms with van der Waals surface area (Å²) in [6, 6.07) is -1.33. The van der Waals surface area contributed by atoms with Gasteiger partial charge < -0.3 is 15.7 Å². The lowest BCUT2D eigenvalue weighted by molar-refractivity contribution is -0.141. The number of carbonyl (C=O) groups is 2. The molecule has 14 heavy (non-hydrogen) atoms. The van der Waals surface area contributed by atoms with E-state index >= 15 is 0 Å². The first kappa shape index (κ1) is 12.7. The SMILES string of the molecule is CCNC(=O)N[C@@H](C(=O)O)C(C)(C)C. The maximum absolute atomic E-state index is 11.1. The molecule has 0 fully saturated rings. The van der Waals surface area contributed by atoms with E-state index < -0.39 is 23.5 Å². The van der Waals surface area contributed by atoms with Gasteiger partial charge in [0.2, 0.25) is 0 Å². The molecule has 0 heterocycles. The van der Waals surface area contributed by atoms with E-state index in [1.165, 1.54) is 0 Å². The van der Waals surface area contributed by atoms with Crippen molar-refractivity contribution in [3.8, 4) is 0 Å².